The average molecular weight is 669 g/mol. The zero-order valence-corrected chi connectivity index (χ0v) is 28.2. The van der Waals surface area contributed by atoms with Gasteiger partial charge in [0.25, 0.3) is 0 Å². The first kappa shape index (κ1) is 34.1. The summed E-state index contributed by atoms with van der Waals surface area (Å²) >= 11 is 0. The topological polar surface area (TPSA) is 125 Å². The van der Waals surface area contributed by atoms with Crippen LogP contribution >= 0.6 is 0 Å². The maximum atomic E-state index is 13.2. The largest absolute Gasteiger partial charge is 0.330 e. The third-order valence-corrected chi connectivity index (χ3v) is 9.40. The Balaban J connectivity index is 1.01. The van der Waals surface area contributed by atoms with Gasteiger partial charge in [-0.25, -0.2) is 9.97 Å². The Bertz CT molecular complexity index is 1750. The van der Waals surface area contributed by atoms with E-state index in [2.05, 4.69) is 32.4 Å². The number of carbonyl (C=O) groups is 4. The van der Waals surface area contributed by atoms with Gasteiger partial charge in [0.05, 0.1) is 11.8 Å². The highest BCUT2D eigenvalue weighted by Crippen LogP contribution is 2.27. The third-order valence-electron chi connectivity index (χ3n) is 9.40. The predicted molar refractivity (Wildman–Crippen MR) is 191 cm³/mol. The van der Waals surface area contributed by atoms with Crippen molar-refractivity contribution >= 4 is 35.3 Å². The number of benzene rings is 2. The van der Waals surface area contributed by atoms with E-state index in [-0.39, 0.29) is 35.5 Å². The summed E-state index contributed by atoms with van der Waals surface area (Å²) in [4.78, 5) is 64.9. The van der Waals surface area contributed by atoms with Crippen LogP contribution in [0.1, 0.15) is 73.6 Å². The second-order valence-corrected chi connectivity index (χ2v) is 12.7. The summed E-state index contributed by atoms with van der Waals surface area (Å²) < 4.78 is 0. The summed E-state index contributed by atoms with van der Waals surface area (Å²) in [6.45, 7) is 4.84. The van der Waals surface area contributed by atoms with Crippen molar-refractivity contribution in [1.82, 2.24) is 19.8 Å². The number of hydrogen-bond donors (Lipinski definition) is 2. The van der Waals surface area contributed by atoms with Crippen molar-refractivity contribution in [3.8, 4) is 11.8 Å². The molecular formula is C40H40N6O4. The fourth-order valence-electron chi connectivity index (χ4n) is 6.52. The van der Waals surface area contributed by atoms with Crippen LogP contribution in [0.2, 0.25) is 0 Å². The maximum absolute atomic E-state index is 13.2. The van der Waals surface area contributed by atoms with Crippen LogP contribution < -0.4 is 10.6 Å². The van der Waals surface area contributed by atoms with Gasteiger partial charge < -0.3 is 20.4 Å². The molecule has 0 saturated carbocycles. The van der Waals surface area contributed by atoms with E-state index in [4.69, 9.17) is 0 Å². The van der Waals surface area contributed by atoms with Crippen LogP contribution in [-0.4, -0.2) is 68.6 Å². The SMILES string of the molecule is C[C@@H](C(=O)N1CCC[C@H]1C(=O)Nc1ccc(C#Cc2ccc(NC(=O)[C@@H]3CCCN3C(=O)[C@H](C)c3ccccc3)nc2)cn1)c1ccccc1. The van der Waals surface area contributed by atoms with Crippen LogP contribution in [0.5, 0.6) is 0 Å². The smallest absolute Gasteiger partial charge is 0.248 e. The Hall–Kier alpha value is -5.82. The Labute approximate surface area is 292 Å². The Morgan fingerprint density at radius 3 is 1.38 bits per heavy atom. The van der Waals surface area contributed by atoms with Crippen molar-refractivity contribution in [3.63, 3.8) is 0 Å². The molecule has 2 N–H and O–H groups in total. The van der Waals surface area contributed by atoms with E-state index in [0.29, 0.717) is 48.7 Å². The van der Waals surface area contributed by atoms with E-state index in [9.17, 15) is 19.2 Å². The van der Waals surface area contributed by atoms with Gasteiger partial charge in [0.2, 0.25) is 23.6 Å². The minimum Gasteiger partial charge on any atom is -0.330 e. The van der Waals surface area contributed by atoms with E-state index in [1.165, 1.54) is 0 Å². The van der Waals surface area contributed by atoms with Gasteiger partial charge >= 0.3 is 0 Å². The van der Waals surface area contributed by atoms with Gasteiger partial charge in [-0.1, -0.05) is 72.5 Å². The standard InChI is InChI=1S/C40H40N6O4/c1-27(31-11-5-3-6-12-31)39(49)45-23-9-15-33(45)37(47)43-35-21-19-29(25-41-35)17-18-30-20-22-36(42-26-30)44-38(48)34-16-10-24-46(34)40(50)28(2)32-13-7-4-8-14-32/h3-8,11-14,19-22,25-28,33-34H,9-10,15-16,23-24H2,1-2H3,(H,41,43,47)(H,42,44,48)/t27-,28-,33+,34+/m1/s1. The molecule has 0 bridgehead atoms. The second-order valence-electron chi connectivity index (χ2n) is 12.7. The first-order valence-electron chi connectivity index (χ1n) is 17.0. The monoisotopic (exact) mass is 668 g/mol. The Morgan fingerprint density at radius 1 is 0.620 bits per heavy atom. The minimum absolute atomic E-state index is 0.0570. The maximum Gasteiger partial charge on any atom is 0.248 e. The van der Waals surface area contributed by atoms with Gasteiger partial charge in [0.15, 0.2) is 0 Å². The molecular weight excluding hydrogens is 628 g/mol. The predicted octanol–water partition coefficient (Wildman–Crippen LogP) is 5.34. The van der Waals surface area contributed by atoms with E-state index in [0.717, 1.165) is 24.0 Å². The van der Waals surface area contributed by atoms with Gasteiger partial charge in [0.1, 0.15) is 23.7 Å². The van der Waals surface area contributed by atoms with Crippen molar-refractivity contribution in [1.29, 1.82) is 0 Å². The second kappa shape index (κ2) is 15.6. The van der Waals surface area contributed by atoms with Gasteiger partial charge in [-0.15, -0.1) is 0 Å². The average Bonchev–Trinajstić information content (AvgIpc) is 3.86. The molecule has 10 heteroatoms. The number of aromatic nitrogens is 2. The number of nitrogens with one attached hydrogen (secondary N) is 2. The lowest BCUT2D eigenvalue weighted by atomic mass is 9.99. The summed E-state index contributed by atoms with van der Waals surface area (Å²) in [5.74, 6) is 5.57. The van der Waals surface area contributed by atoms with Crippen molar-refractivity contribution < 1.29 is 19.2 Å². The zero-order chi connectivity index (χ0) is 35.0. The molecule has 4 amide bonds. The number of amides is 4. The summed E-state index contributed by atoms with van der Waals surface area (Å²) in [5, 5.41) is 5.71. The lowest BCUT2D eigenvalue weighted by Crippen LogP contribution is -2.44. The van der Waals surface area contributed by atoms with Crippen LogP contribution in [0.4, 0.5) is 11.6 Å². The van der Waals surface area contributed by atoms with Crippen LogP contribution in [-0.2, 0) is 19.2 Å². The highest BCUT2D eigenvalue weighted by molar-refractivity contribution is 5.98. The van der Waals surface area contributed by atoms with Crippen molar-refractivity contribution in [3.05, 3.63) is 120 Å². The molecule has 4 heterocycles. The van der Waals surface area contributed by atoms with E-state index in [1.54, 1.807) is 46.5 Å². The molecule has 2 saturated heterocycles. The Kier molecular flexibility index (Phi) is 10.6. The molecule has 4 aromatic rings. The van der Waals surface area contributed by atoms with Crippen LogP contribution in [0, 0.1) is 11.8 Å². The van der Waals surface area contributed by atoms with Gasteiger partial charge in [-0.3, -0.25) is 19.2 Å². The zero-order valence-electron chi connectivity index (χ0n) is 28.2. The molecule has 0 aliphatic carbocycles. The summed E-state index contributed by atoms with van der Waals surface area (Å²) in [7, 11) is 0. The highest BCUT2D eigenvalue weighted by Gasteiger charge is 2.37. The van der Waals surface area contributed by atoms with E-state index in [1.807, 2.05) is 74.5 Å². The molecule has 254 valence electrons. The fourth-order valence-corrected chi connectivity index (χ4v) is 6.52. The molecule has 2 aromatic heterocycles. The molecule has 0 unspecified atom stereocenters. The molecule has 2 aliphatic rings. The molecule has 6 rings (SSSR count). The van der Waals surface area contributed by atoms with Gasteiger partial charge in [0, 0.05) is 36.6 Å². The molecule has 2 fully saturated rings. The van der Waals surface area contributed by atoms with Gasteiger partial charge in [-0.05, 0) is 74.9 Å². The number of rotatable bonds is 8. The molecule has 50 heavy (non-hydrogen) atoms. The fraction of sp³-hybridized carbons (Fsp3) is 0.300. The minimum atomic E-state index is -0.543. The van der Waals surface area contributed by atoms with Crippen LogP contribution in [0.25, 0.3) is 0 Å². The van der Waals surface area contributed by atoms with Crippen LogP contribution in [0.15, 0.2) is 97.3 Å². The first-order valence-corrected chi connectivity index (χ1v) is 17.0. The molecule has 2 aromatic carbocycles. The van der Waals surface area contributed by atoms with Crippen molar-refractivity contribution in [2.45, 2.75) is 63.5 Å². The van der Waals surface area contributed by atoms with Crippen LogP contribution in [0.3, 0.4) is 0 Å². The summed E-state index contributed by atoms with van der Waals surface area (Å²) in [5.41, 5.74) is 3.14. The van der Waals surface area contributed by atoms with Gasteiger partial charge in [-0.2, -0.15) is 0 Å². The number of nitrogens with zero attached hydrogens (tertiary/aromatic N) is 4. The number of likely N-dealkylation sites (tertiary alicyclic amines) is 2. The lowest BCUT2D eigenvalue weighted by molar-refractivity contribution is -0.137. The summed E-state index contributed by atoms with van der Waals surface area (Å²) in [6, 6.07) is 25.0. The normalized spacial score (nSPS) is 18.0. The lowest BCUT2D eigenvalue weighted by Gasteiger charge is -2.27. The van der Waals surface area contributed by atoms with Crippen molar-refractivity contribution in [2.75, 3.05) is 23.7 Å². The molecule has 2 aliphatic heterocycles. The number of anilines is 2. The number of hydrogen-bond acceptors (Lipinski definition) is 6. The third kappa shape index (κ3) is 7.90. The molecule has 0 radical (unpaired) electrons. The Morgan fingerprint density at radius 2 is 1.02 bits per heavy atom. The number of carbonyl (C=O) groups excluding carboxylic acids is 4. The number of pyridine rings is 2. The highest BCUT2D eigenvalue weighted by atomic mass is 16.2. The molecule has 0 spiro atoms. The summed E-state index contributed by atoms with van der Waals surface area (Å²) in [6.07, 6.45) is 5.89. The first-order chi connectivity index (χ1) is 24.3. The van der Waals surface area contributed by atoms with E-state index < -0.39 is 12.1 Å². The molecule has 10 nitrogen and oxygen atoms in total. The quantitative estimate of drug-likeness (QED) is 0.244. The molecule has 4 atom stereocenters. The van der Waals surface area contributed by atoms with Crippen molar-refractivity contribution in [2.24, 2.45) is 0 Å². The van der Waals surface area contributed by atoms with E-state index >= 15 is 0 Å².